The molecule has 0 aliphatic carbocycles. The van der Waals surface area contributed by atoms with Gasteiger partial charge in [0.05, 0.1) is 6.10 Å². The molecule has 2 aromatic rings. The van der Waals surface area contributed by atoms with Crippen molar-refractivity contribution in [3.63, 3.8) is 0 Å². The van der Waals surface area contributed by atoms with Gasteiger partial charge in [-0.15, -0.1) is 0 Å². The smallest absolute Gasteiger partial charge is 0.0792 e. The lowest BCUT2D eigenvalue weighted by Gasteiger charge is -2.24. The summed E-state index contributed by atoms with van der Waals surface area (Å²) in [5.74, 6) is 3.22. The molecule has 1 N–H and O–H groups in total. The molecule has 1 nitrogen and oxygen atoms in total. The molecule has 1 heterocycles. The lowest BCUT2D eigenvalue weighted by atomic mass is 9.92. The van der Waals surface area contributed by atoms with Crippen molar-refractivity contribution in [3.8, 4) is 0 Å². The summed E-state index contributed by atoms with van der Waals surface area (Å²) >= 11 is 2.04. The summed E-state index contributed by atoms with van der Waals surface area (Å²) in [6.45, 7) is 0. The Hall–Kier alpha value is -0.990. The van der Waals surface area contributed by atoms with E-state index in [1.54, 1.807) is 0 Å². The van der Waals surface area contributed by atoms with E-state index in [2.05, 4.69) is 42.5 Å². The van der Waals surface area contributed by atoms with Gasteiger partial charge >= 0.3 is 0 Å². The Morgan fingerprint density at radius 2 is 1.79 bits per heavy atom. The zero-order valence-corrected chi connectivity index (χ0v) is 11.9. The van der Waals surface area contributed by atoms with Crippen LogP contribution in [0.15, 0.2) is 42.5 Å². The van der Waals surface area contributed by atoms with Gasteiger partial charge in [0, 0.05) is 0 Å². The van der Waals surface area contributed by atoms with Crippen LogP contribution in [0.1, 0.15) is 30.9 Å². The monoisotopic (exact) mass is 272 g/mol. The number of benzene rings is 2. The predicted octanol–water partition coefficient (Wildman–Crippen LogP) is 4.41. The second-order valence-electron chi connectivity index (χ2n) is 5.41. The average Bonchev–Trinajstić information content (AvgIpc) is 2.48. The van der Waals surface area contributed by atoms with Gasteiger partial charge in [0.15, 0.2) is 0 Å². The van der Waals surface area contributed by atoms with Crippen molar-refractivity contribution in [1.82, 2.24) is 0 Å². The summed E-state index contributed by atoms with van der Waals surface area (Å²) in [6.07, 6.45) is 3.13. The first-order chi connectivity index (χ1) is 9.33. The Kier molecular flexibility index (Phi) is 4.09. The molecule has 2 aromatic carbocycles. The number of hydrogen-bond acceptors (Lipinski definition) is 2. The Labute approximate surface area is 119 Å². The zero-order valence-electron chi connectivity index (χ0n) is 11.1. The molecule has 0 bridgehead atoms. The maximum atomic E-state index is 10.4. The molecule has 0 radical (unpaired) electrons. The quantitative estimate of drug-likeness (QED) is 0.893. The highest BCUT2D eigenvalue weighted by atomic mass is 32.2. The van der Waals surface area contributed by atoms with Crippen LogP contribution in [0.5, 0.6) is 0 Å². The molecule has 19 heavy (non-hydrogen) atoms. The van der Waals surface area contributed by atoms with Crippen molar-refractivity contribution in [1.29, 1.82) is 0 Å². The first-order valence-corrected chi connectivity index (χ1v) is 8.23. The summed E-state index contributed by atoms with van der Waals surface area (Å²) in [7, 11) is 0. The predicted molar refractivity (Wildman–Crippen MR) is 83.6 cm³/mol. The maximum absolute atomic E-state index is 10.4. The first kappa shape index (κ1) is 13.0. The van der Waals surface area contributed by atoms with Gasteiger partial charge in [-0.25, -0.2) is 0 Å². The fourth-order valence-electron chi connectivity index (χ4n) is 2.85. The normalized spacial score (nSPS) is 18.6. The van der Waals surface area contributed by atoms with Crippen LogP contribution < -0.4 is 0 Å². The van der Waals surface area contributed by atoms with E-state index in [-0.39, 0.29) is 6.10 Å². The van der Waals surface area contributed by atoms with Gasteiger partial charge in [0.25, 0.3) is 0 Å². The summed E-state index contributed by atoms with van der Waals surface area (Å²) in [4.78, 5) is 0. The number of aliphatic hydroxyl groups excluding tert-OH is 1. The molecule has 0 spiro atoms. The van der Waals surface area contributed by atoms with Crippen LogP contribution in [0.2, 0.25) is 0 Å². The van der Waals surface area contributed by atoms with Crippen LogP contribution in [0.25, 0.3) is 10.8 Å². The molecule has 1 aliphatic heterocycles. The summed E-state index contributed by atoms with van der Waals surface area (Å²) in [5.41, 5.74) is 1.07. The topological polar surface area (TPSA) is 20.2 Å². The number of fused-ring (bicyclic) bond motifs is 1. The van der Waals surface area contributed by atoms with Crippen LogP contribution in [0, 0.1) is 5.92 Å². The highest BCUT2D eigenvalue weighted by molar-refractivity contribution is 7.99. The Morgan fingerprint density at radius 1 is 1.05 bits per heavy atom. The van der Waals surface area contributed by atoms with Gasteiger partial charge in [-0.05, 0) is 59.1 Å². The molecular weight excluding hydrogens is 252 g/mol. The van der Waals surface area contributed by atoms with Crippen LogP contribution in [0.4, 0.5) is 0 Å². The third-order valence-corrected chi connectivity index (χ3v) is 5.10. The summed E-state index contributed by atoms with van der Waals surface area (Å²) in [5, 5.41) is 12.9. The fourth-order valence-corrected chi connectivity index (χ4v) is 4.05. The van der Waals surface area contributed by atoms with E-state index in [1.807, 2.05) is 11.8 Å². The summed E-state index contributed by atoms with van der Waals surface area (Å²) in [6, 6.07) is 14.7. The minimum Gasteiger partial charge on any atom is -0.388 e. The van der Waals surface area contributed by atoms with Crippen LogP contribution >= 0.6 is 11.8 Å². The minimum atomic E-state index is -0.308. The highest BCUT2D eigenvalue weighted by Crippen LogP contribution is 2.31. The molecule has 1 unspecified atom stereocenters. The van der Waals surface area contributed by atoms with E-state index in [1.165, 1.54) is 35.1 Å². The molecule has 3 rings (SSSR count). The van der Waals surface area contributed by atoms with E-state index in [0.29, 0.717) is 5.92 Å². The molecular formula is C17H20OS. The van der Waals surface area contributed by atoms with Crippen molar-refractivity contribution >= 4 is 22.5 Å². The molecule has 0 amide bonds. The number of hydrogen-bond donors (Lipinski definition) is 1. The van der Waals surface area contributed by atoms with Crippen molar-refractivity contribution in [3.05, 3.63) is 48.0 Å². The third-order valence-electron chi connectivity index (χ3n) is 4.06. The lowest BCUT2D eigenvalue weighted by Crippen LogP contribution is -2.13. The number of thioether (sulfide) groups is 1. The van der Waals surface area contributed by atoms with Crippen molar-refractivity contribution < 1.29 is 5.11 Å². The number of rotatable bonds is 3. The van der Waals surface area contributed by atoms with Gasteiger partial charge in [-0.3, -0.25) is 0 Å². The van der Waals surface area contributed by atoms with Gasteiger partial charge in [0.1, 0.15) is 0 Å². The van der Waals surface area contributed by atoms with Gasteiger partial charge < -0.3 is 5.11 Å². The molecule has 2 heteroatoms. The maximum Gasteiger partial charge on any atom is 0.0792 e. The Balaban J connectivity index is 1.75. The molecule has 1 aliphatic rings. The van der Waals surface area contributed by atoms with E-state index < -0.39 is 0 Å². The van der Waals surface area contributed by atoms with E-state index in [0.717, 1.165) is 12.0 Å². The Bertz CT molecular complexity index is 546. The van der Waals surface area contributed by atoms with Crippen LogP contribution in [-0.2, 0) is 0 Å². The third kappa shape index (κ3) is 3.13. The van der Waals surface area contributed by atoms with Gasteiger partial charge in [0.2, 0.25) is 0 Å². The van der Waals surface area contributed by atoms with E-state index in [9.17, 15) is 5.11 Å². The molecule has 0 saturated carbocycles. The molecule has 1 saturated heterocycles. The minimum absolute atomic E-state index is 0.308. The summed E-state index contributed by atoms with van der Waals surface area (Å²) < 4.78 is 0. The standard InChI is InChI=1S/C17H20OS/c18-17(11-13-7-9-19-10-8-13)16-6-5-14-3-1-2-4-15(14)12-16/h1-6,12-13,17-18H,7-11H2. The van der Waals surface area contributed by atoms with Gasteiger partial charge in [-0.1, -0.05) is 36.4 Å². The van der Waals surface area contributed by atoms with Gasteiger partial charge in [-0.2, -0.15) is 11.8 Å². The van der Waals surface area contributed by atoms with E-state index >= 15 is 0 Å². The van der Waals surface area contributed by atoms with Crippen molar-refractivity contribution in [2.45, 2.75) is 25.4 Å². The lowest BCUT2D eigenvalue weighted by molar-refractivity contribution is 0.141. The number of aliphatic hydroxyl groups is 1. The molecule has 1 fully saturated rings. The first-order valence-electron chi connectivity index (χ1n) is 7.07. The zero-order chi connectivity index (χ0) is 13.1. The van der Waals surface area contributed by atoms with Crippen LogP contribution in [0.3, 0.4) is 0 Å². The van der Waals surface area contributed by atoms with Crippen molar-refractivity contribution in [2.24, 2.45) is 5.92 Å². The second kappa shape index (κ2) is 5.98. The van der Waals surface area contributed by atoms with Crippen LogP contribution in [-0.4, -0.2) is 16.6 Å². The second-order valence-corrected chi connectivity index (χ2v) is 6.64. The van der Waals surface area contributed by atoms with Crippen molar-refractivity contribution in [2.75, 3.05) is 11.5 Å². The molecule has 0 aromatic heterocycles. The fraction of sp³-hybridized carbons (Fsp3) is 0.412. The molecule has 1 atom stereocenters. The Morgan fingerprint density at radius 3 is 2.58 bits per heavy atom. The SMILES string of the molecule is OC(CC1CCSCC1)c1ccc2ccccc2c1. The molecule has 100 valence electrons. The largest absolute Gasteiger partial charge is 0.388 e. The van der Waals surface area contributed by atoms with E-state index in [4.69, 9.17) is 0 Å². The average molecular weight is 272 g/mol. The highest BCUT2D eigenvalue weighted by Gasteiger charge is 2.18.